The van der Waals surface area contributed by atoms with Gasteiger partial charge in [-0.3, -0.25) is 4.72 Å². The van der Waals surface area contributed by atoms with Crippen LogP contribution in [0.4, 0.5) is 9.52 Å². The van der Waals surface area contributed by atoms with Crippen LogP contribution >= 0.6 is 11.3 Å². The highest BCUT2D eigenvalue weighted by Crippen LogP contribution is 2.28. The van der Waals surface area contributed by atoms with Crippen LogP contribution < -0.4 is 9.46 Å². The van der Waals surface area contributed by atoms with Crippen molar-refractivity contribution in [2.75, 3.05) is 4.72 Å². The summed E-state index contributed by atoms with van der Waals surface area (Å²) >= 11 is 1.11. The number of halogens is 1. The molecule has 1 heterocycles. The highest BCUT2D eigenvalue weighted by atomic mass is 32.2. The Morgan fingerprint density at radius 2 is 1.59 bits per heavy atom. The fourth-order valence-electron chi connectivity index (χ4n) is 2.69. The third kappa shape index (κ3) is 4.44. The van der Waals surface area contributed by atoms with E-state index in [1.807, 2.05) is 42.5 Å². The van der Waals surface area contributed by atoms with Gasteiger partial charge in [-0.25, -0.2) is 17.8 Å². The van der Waals surface area contributed by atoms with Crippen molar-refractivity contribution in [3.8, 4) is 22.6 Å². The van der Waals surface area contributed by atoms with Crippen LogP contribution in [0.1, 0.15) is 0 Å². The molecule has 3 aromatic carbocycles. The summed E-state index contributed by atoms with van der Waals surface area (Å²) in [5.41, 5.74) is 2.10. The van der Waals surface area contributed by atoms with E-state index in [-0.39, 0.29) is 10.9 Å². The number of nitrogens with zero attached hydrogens (tertiary/aromatic N) is 1. The number of hydrogen-bond donors (Lipinski definition) is 1. The molecule has 0 atom stereocenters. The van der Waals surface area contributed by atoms with Crippen molar-refractivity contribution in [2.45, 2.75) is 4.90 Å². The van der Waals surface area contributed by atoms with Crippen LogP contribution in [0.2, 0.25) is 0 Å². The van der Waals surface area contributed by atoms with Gasteiger partial charge in [-0.15, -0.1) is 11.3 Å². The molecule has 0 unspecified atom stereocenters. The molecule has 0 spiro atoms. The lowest BCUT2D eigenvalue weighted by molar-refractivity contribution is 0.473. The fourth-order valence-corrected chi connectivity index (χ4v) is 4.54. The molecule has 1 N–H and O–H groups in total. The predicted molar refractivity (Wildman–Crippen MR) is 111 cm³/mol. The van der Waals surface area contributed by atoms with Crippen LogP contribution in [0.3, 0.4) is 0 Å². The summed E-state index contributed by atoms with van der Waals surface area (Å²) in [6, 6.07) is 20.8. The minimum Gasteiger partial charge on any atom is -0.457 e. The molecule has 0 amide bonds. The molecule has 0 saturated carbocycles. The zero-order valence-corrected chi connectivity index (χ0v) is 16.6. The number of hydrogen-bond acceptors (Lipinski definition) is 5. The summed E-state index contributed by atoms with van der Waals surface area (Å²) in [5.74, 6) is -0.198. The molecule has 0 aliphatic carbocycles. The Hall–Kier alpha value is -3.23. The molecule has 0 fully saturated rings. The van der Waals surface area contributed by atoms with Crippen LogP contribution in [-0.2, 0) is 10.0 Å². The van der Waals surface area contributed by atoms with E-state index in [4.69, 9.17) is 4.74 Å². The summed E-state index contributed by atoms with van der Waals surface area (Å²) in [6.07, 6.45) is 1.46. The molecule has 0 aliphatic heterocycles. The lowest BCUT2D eigenvalue weighted by Crippen LogP contribution is -2.14. The Morgan fingerprint density at radius 1 is 0.897 bits per heavy atom. The predicted octanol–water partition coefficient (Wildman–Crippen LogP) is 5.54. The van der Waals surface area contributed by atoms with Gasteiger partial charge in [0.25, 0.3) is 10.0 Å². The van der Waals surface area contributed by atoms with Gasteiger partial charge in [-0.05, 0) is 35.4 Å². The van der Waals surface area contributed by atoms with Gasteiger partial charge in [-0.1, -0.05) is 42.5 Å². The maximum absolute atomic E-state index is 14.4. The lowest BCUT2D eigenvalue weighted by Gasteiger charge is -2.10. The van der Waals surface area contributed by atoms with E-state index in [0.717, 1.165) is 28.5 Å². The number of thiazole rings is 1. The molecule has 29 heavy (non-hydrogen) atoms. The molecular weight excluding hydrogens is 411 g/mol. The van der Waals surface area contributed by atoms with E-state index in [9.17, 15) is 12.8 Å². The number of nitrogens with one attached hydrogen (secondary N) is 1. The van der Waals surface area contributed by atoms with Crippen molar-refractivity contribution in [2.24, 2.45) is 0 Å². The second kappa shape index (κ2) is 8.02. The van der Waals surface area contributed by atoms with Gasteiger partial charge in [-0.2, -0.15) is 0 Å². The van der Waals surface area contributed by atoms with Gasteiger partial charge in [0.2, 0.25) is 0 Å². The summed E-state index contributed by atoms with van der Waals surface area (Å²) in [7, 11) is -4.07. The summed E-state index contributed by atoms with van der Waals surface area (Å²) in [4.78, 5) is 3.37. The van der Waals surface area contributed by atoms with E-state index in [1.165, 1.54) is 18.3 Å². The molecule has 0 aliphatic rings. The molecule has 146 valence electrons. The first-order chi connectivity index (χ1) is 14.0. The van der Waals surface area contributed by atoms with Crippen LogP contribution in [-0.4, -0.2) is 13.4 Å². The quantitative estimate of drug-likeness (QED) is 0.439. The Balaban J connectivity index is 1.51. The van der Waals surface area contributed by atoms with E-state index in [2.05, 4.69) is 9.71 Å². The molecule has 4 aromatic rings. The van der Waals surface area contributed by atoms with Gasteiger partial charge in [0.05, 0.1) is 0 Å². The first kappa shape index (κ1) is 19.1. The van der Waals surface area contributed by atoms with E-state index >= 15 is 0 Å². The zero-order valence-electron chi connectivity index (χ0n) is 14.9. The maximum atomic E-state index is 14.4. The van der Waals surface area contributed by atoms with Crippen molar-refractivity contribution >= 4 is 26.5 Å². The minimum atomic E-state index is -4.07. The van der Waals surface area contributed by atoms with Gasteiger partial charge < -0.3 is 4.74 Å². The third-order valence-electron chi connectivity index (χ3n) is 4.04. The number of ether oxygens (including phenoxy) is 1. The molecule has 0 saturated heterocycles. The van der Waals surface area contributed by atoms with Crippen molar-refractivity contribution in [3.05, 3.63) is 90.2 Å². The number of benzene rings is 3. The monoisotopic (exact) mass is 426 g/mol. The fraction of sp³-hybridized carbons (Fsp3) is 0. The molecular formula is C21H15FN2O3S2. The average molecular weight is 426 g/mol. The zero-order chi connectivity index (χ0) is 20.3. The standard InChI is InChI=1S/C21H15FN2O3S2/c22-19-14-18(10-11-20(19)29(25,26)24-21-23-12-13-28-21)27-17-8-6-16(7-9-17)15-4-2-1-3-5-15/h1-14H,(H,23,24). The van der Waals surface area contributed by atoms with Crippen molar-refractivity contribution < 1.29 is 17.5 Å². The maximum Gasteiger partial charge on any atom is 0.266 e. The molecule has 1 aromatic heterocycles. The normalized spacial score (nSPS) is 11.2. The summed E-state index contributed by atoms with van der Waals surface area (Å²) in [5, 5.41) is 1.79. The average Bonchev–Trinajstić information content (AvgIpc) is 3.21. The molecule has 5 nitrogen and oxygen atoms in total. The first-order valence-corrected chi connectivity index (χ1v) is 10.9. The number of aromatic nitrogens is 1. The van der Waals surface area contributed by atoms with Crippen molar-refractivity contribution in [1.29, 1.82) is 0 Å². The Morgan fingerprint density at radius 3 is 2.24 bits per heavy atom. The summed E-state index contributed by atoms with van der Waals surface area (Å²) in [6.45, 7) is 0. The number of rotatable bonds is 6. The highest BCUT2D eigenvalue weighted by Gasteiger charge is 2.21. The van der Waals surface area contributed by atoms with Gasteiger partial charge in [0.1, 0.15) is 22.2 Å². The largest absolute Gasteiger partial charge is 0.457 e. The first-order valence-electron chi connectivity index (χ1n) is 8.56. The summed E-state index contributed by atoms with van der Waals surface area (Å²) < 4.78 is 47.0. The highest BCUT2D eigenvalue weighted by molar-refractivity contribution is 7.93. The van der Waals surface area contributed by atoms with Gasteiger partial charge in [0.15, 0.2) is 5.13 Å². The number of sulfonamides is 1. The molecule has 8 heteroatoms. The van der Waals surface area contributed by atoms with E-state index in [0.29, 0.717) is 5.75 Å². The van der Waals surface area contributed by atoms with E-state index in [1.54, 1.807) is 17.5 Å². The van der Waals surface area contributed by atoms with Crippen LogP contribution in [0.15, 0.2) is 89.3 Å². The molecule has 0 bridgehead atoms. The van der Waals surface area contributed by atoms with E-state index < -0.39 is 20.7 Å². The topological polar surface area (TPSA) is 68.3 Å². The number of anilines is 1. The smallest absolute Gasteiger partial charge is 0.266 e. The van der Waals surface area contributed by atoms with Crippen LogP contribution in [0.5, 0.6) is 11.5 Å². The van der Waals surface area contributed by atoms with Crippen molar-refractivity contribution in [1.82, 2.24) is 4.98 Å². The lowest BCUT2D eigenvalue weighted by atomic mass is 10.1. The molecule has 4 rings (SSSR count). The SMILES string of the molecule is O=S(=O)(Nc1nccs1)c1ccc(Oc2ccc(-c3ccccc3)cc2)cc1F. The Bertz CT molecular complexity index is 1210. The second-order valence-corrected chi connectivity index (χ2v) is 8.57. The second-order valence-electron chi connectivity index (χ2n) is 6.03. The third-order valence-corrected chi connectivity index (χ3v) is 6.23. The van der Waals surface area contributed by atoms with Crippen molar-refractivity contribution in [3.63, 3.8) is 0 Å². The molecule has 0 radical (unpaired) electrons. The minimum absolute atomic E-state index is 0.170. The van der Waals surface area contributed by atoms with Gasteiger partial charge in [0, 0.05) is 17.6 Å². The Labute approximate surface area is 171 Å². The van der Waals surface area contributed by atoms with Crippen LogP contribution in [0.25, 0.3) is 11.1 Å². The van der Waals surface area contributed by atoms with Gasteiger partial charge >= 0.3 is 0 Å². The Kier molecular flexibility index (Phi) is 5.28. The van der Waals surface area contributed by atoms with Crippen LogP contribution in [0, 0.1) is 5.82 Å².